The van der Waals surface area contributed by atoms with Crippen molar-refractivity contribution >= 4 is 11.6 Å². The lowest BCUT2D eigenvalue weighted by Gasteiger charge is -2.20. The molecule has 0 bridgehead atoms. The number of anilines is 1. The number of nitriles is 1. The smallest absolute Gasteiger partial charge is 0.225 e. The third-order valence-corrected chi connectivity index (χ3v) is 3.54. The third-order valence-electron chi connectivity index (χ3n) is 3.54. The number of nitrogens with one attached hydrogen (secondary N) is 1. The summed E-state index contributed by atoms with van der Waals surface area (Å²) in [5.74, 6) is -0.0377. The summed E-state index contributed by atoms with van der Waals surface area (Å²) in [6.07, 6.45) is 2.98. The van der Waals surface area contributed by atoms with Crippen LogP contribution in [0.3, 0.4) is 0 Å². The van der Waals surface area contributed by atoms with E-state index >= 15 is 0 Å². The number of ether oxygens (including phenoxy) is 1. The molecule has 112 valence electrons. The van der Waals surface area contributed by atoms with Crippen molar-refractivity contribution in [1.82, 2.24) is 4.90 Å². The standard InChI is InChI=1S/C16H21N3O2/c1-19(12-15-6-3-9-21-15)8-7-16(20)18-14-5-2-4-13(10-14)11-17/h2,4-5,10,15H,3,6-9,12H2,1H3,(H,18,20). The van der Waals surface area contributed by atoms with Crippen LogP contribution in [0, 0.1) is 11.3 Å². The van der Waals surface area contributed by atoms with E-state index in [0.717, 1.165) is 26.0 Å². The molecule has 1 atom stereocenters. The Morgan fingerprint density at radius 2 is 2.43 bits per heavy atom. The van der Waals surface area contributed by atoms with Gasteiger partial charge in [0.15, 0.2) is 0 Å². The Morgan fingerprint density at radius 1 is 1.57 bits per heavy atom. The Balaban J connectivity index is 1.72. The van der Waals surface area contributed by atoms with Gasteiger partial charge < -0.3 is 15.0 Å². The number of rotatable bonds is 6. The average Bonchev–Trinajstić information content (AvgIpc) is 2.98. The fourth-order valence-electron chi connectivity index (χ4n) is 2.41. The topological polar surface area (TPSA) is 65.4 Å². The van der Waals surface area contributed by atoms with Gasteiger partial charge in [-0.3, -0.25) is 4.79 Å². The van der Waals surface area contributed by atoms with Crippen LogP contribution in [0.25, 0.3) is 0 Å². The average molecular weight is 287 g/mol. The lowest BCUT2D eigenvalue weighted by Crippen LogP contribution is -2.31. The van der Waals surface area contributed by atoms with E-state index in [4.69, 9.17) is 10.00 Å². The molecule has 1 aliphatic heterocycles. The lowest BCUT2D eigenvalue weighted by atomic mass is 10.2. The maximum atomic E-state index is 11.9. The minimum atomic E-state index is -0.0377. The number of carbonyl (C=O) groups is 1. The molecule has 21 heavy (non-hydrogen) atoms. The van der Waals surface area contributed by atoms with Crippen molar-refractivity contribution in [1.29, 1.82) is 5.26 Å². The Hall–Kier alpha value is -1.90. The van der Waals surface area contributed by atoms with Crippen molar-refractivity contribution in [3.8, 4) is 6.07 Å². The van der Waals surface area contributed by atoms with E-state index in [-0.39, 0.29) is 5.91 Å². The van der Waals surface area contributed by atoms with Crippen molar-refractivity contribution < 1.29 is 9.53 Å². The number of amides is 1. The number of hydrogen-bond donors (Lipinski definition) is 1. The normalized spacial score (nSPS) is 17.7. The van der Waals surface area contributed by atoms with Crippen LogP contribution in [0.1, 0.15) is 24.8 Å². The van der Waals surface area contributed by atoms with Gasteiger partial charge in [0.25, 0.3) is 0 Å². The molecule has 0 spiro atoms. The van der Waals surface area contributed by atoms with Gasteiger partial charge >= 0.3 is 0 Å². The SMILES string of the molecule is CN(CCC(=O)Nc1cccc(C#N)c1)CC1CCCO1. The molecule has 1 fully saturated rings. The molecule has 2 rings (SSSR count). The van der Waals surface area contributed by atoms with Crippen molar-refractivity contribution in [3.63, 3.8) is 0 Å². The van der Waals surface area contributed by atoms with E-state index in [0.29, 0.717) is 30.3 Å². The van der Waals surface area contributed by atoms with Crippen molar-refractivity contribution in [3.05, 3.63) is 29.8 Å². The highest BCUT2D eigenvalue weighted by Crippen LogP contribution is 2.13. The predicted molar refractivity (Wildman–Crippen MR) is 80.9 cm³/mol. The zero-order valence-corrected chi connectivity index (χ0v) is 12.3. The monoisotopic (exact) mass is 287 g/mol. The van der Waals surface area contributed by atoms with Gasteiger partial charge in [0.1, 0.15) is 0 Å². The van der Waals surface area contributed by atoms with Gasteiger partial charge in [-0.25, -0.2) is 0 Å². The van der Waals surface area contributed by atoms with Gasteiger partial charge in [0.2, 0.25) is 5.91 Å². The molecule has 0 saturated carbocycles. The molecule has 1 aromatic carbocycles. The van der Waals surface area contributed by atoms with Crippen molar-refractivity contribution in [2.24, 2.45) is 0 Å². The first kappa shape index (κ1) is 15.5. The van der Waals surface area contributed by atoms with Gasteiger partial charge in [-0.2, -0.15) is 5.26 Å². The minimum absolute atomic E-state index is 0.0377. The summed E-state index contributed by atoms with van der Waals surface area (Å²) in [5.41, 5.74) is 1.21. The molecule has 1 aromatic rings. The number of benzene rings is 1. The second-order valence-corrected chi connectivity index (χ2v) is 5.39. The zero-order chi connectivity index (χ0) is 15.1. The maximum absolute atomic E-state index is 11.9. The summed E-state index contributed by atoms with van der Waals surface area (Å²) in [4.78, 5) is 14.0. The number of carbonyl (C=O) groups excluding carboxylic acids is 1. The van der Waals surface area contributed by atoms with Crippen LogP contribution in [0.15, 0.2) is 24.3 Å². The first-order chi connectivity index (χ1) is 10.2. The molecule has 1 saturated heterocycles. The van der Waals surface area contributed by atoms with Crippen LogP contribution in [0.2, 0.25) is 0 Å². The largest absolute Gasteiger partial charge is 0.377 e. The molecule has 1 unspecified atom stereocenters. The third kappa shape index (κ3) is 5.18. The molecule has 1 heterocycles. The Labute approximate surface area is 125 Å². The van der Waals surface area contributed by atoms with Gasteiger partial charge in [-0.1, -0.05) is 6.07 Å². The highest BCUT2D eigenvalue weighted by molar-refractivity contribution is 5.90. The molecule has 0 radical (unpaired) electrons. The number of hydrogen-bond acceptors (Lipinski definition) is 4. The first-order valence-corrected chi connectivity index (χ1v) is 7.27. The van der Waals surface area contributed by atoms with Gasteiger partial charge in [0.05, 0.1) is 17.7 Å². The molecule has 0 aromatic heterocycles. The molecule has 0 aliphatic carbocycles. The zero-order valence-electron chi connectivity index (χ0n) is 12.3. The summed E-state index contributed by atoms with van der Waals surface area (Å²) in [6.45, 7) is 2.43. The maximum Gasteiger partial charge on any atom is 0.225 e. The van der Waals surface area contributed by atoms with E-state index in [1.807, 2.05) is 7.05 Å². The first-order valence-electron chi connectivity index (χ1n) is 7.27. The highest BCUT2D eigenvalue weighted by Gasteiger charge is 2.17. The summed E-state index contributed by atoms with van der Waals surface area (Å²) < 4.78 is 5.58. The molecule has 5 nitrogen and oxygen atoms in total. The fraction of sp³-hybridized carbons (Fsp3) is 0.500. The summed E-state index contributed by atoms with van der Waals surface area (Å²) in [6, 6.07) is 8.99. The Kier molecular flexibility index (Phi) is 5.73. The van der Waals surface area contributed by atoms with Crippen LogP contribution >= 0.6 is 0 Å². The van der Waals surface area contributed by atoms with E-state index in [1.54, 1.807) is 24.3 Å². The number of nitrogens with zero attached hydrogens (tertiary/aromatic N) is 2. The van der Waals surface area contributed by atoms with E-state index in [2.05, 4.69) is 16.3 Å². The second-order valence-electron chi connectivity index (χ2n) is 5.39. The molecule has 1 N–H and O–H groups in total. The highest BCUT2D eigenvalue weighted by atomic mass is 16.5. The van der Waals surface area contributed by atoms with Gasteiger partial charge in [-0.15, -0.1) is 0 Å². The van der Waals surface area contributed by atoms with E-state index in [9.17, 15) is 4.79 Å². The molecule has 1 aliphatic rings. The van der Waals surface area contributed by atoms with E-state index in [1.165, 1.54) is 0 Å². The van der Waals surface area contributed by atoms with Crippen molar-refractivity contribution in [2.75, 3.05) is 32.1 Å². The predicted octanol–water partition coefficient (Wildman–Crippen LogP) is 2.00. The van der Waals surface area contributed by atoms with Crippen LogP contribution < -0.4 is 5.32 Å². The van der Waals surface area contributed by atoms with Crippen LogP contribution in [-0.4, -0.2) is 43.7 Å². The minimum Gasteiger partial charge on any atom is -0.377 e. The summed E-state index contributed by atoms with van der Waals surface area (Å²) >= 11 is 0. The summed E-state index contributed by atoms with van der Waals surface area (Å²) in [5, 5.41) is 11.6. The molecular weight excluding hydrogens is 266 g/mol. The van der Waals surface area contributed by atoms with Gasteiger partial charge in [0, 0.05) is 31.8 Å². The molecular formula is C16H21N3O2. The Morgan fingerprint density at radius 3 is 3.14 bits per heavy atom. The van der Waals surface area contributed by atoms with Gasteiger partial charge in [-0.05, 0) is 38.1 Å². The lowest BCUT2D eigenvalue weighted by molar-refractivity contribution is -0.116. The summed E-state index contributed by atoms with van der Waals surface area (Å²) in [7, 11) is 2.01. The Bertz CT molecular complexity index is 518. The second kappa shape index (κ2) is 7.77. The van der Waals surface area contributed by atoms with Crippen molar-refractivity contribution in [2.45, 2.75) is 25.4 Å². The molecule has 1 amide bonds. The quantitative estimate of drug-likeness (QED) is 0.869. The van der Waals surface area contributed by atoms with Crippen LogP contribution in [-0.2, 0) is 9.53 Å². The van der Waals surface area contributed by atoms with Crippen LogP contribution in [0.4, 0.5) is 5.69 Å². The van der Waals surface area contributed by atoms with E-state index < -0.39 is 0 Å². The van der Waals surface area contributed by atoms with Crippen LogP contribution in [0.5, 0.6) is 0 Å². The fourth-order valence-corrected chi connectivity index (χ4v) is 2.41. The number of likely N-dealkylation sites (N-methyl/N-ethyl adjacent to an activating group) is 1. The molecule has 5 heteroatoms.